The Kier molecular flexibility index (Phi) is 9.13. The van der Waals surface area contributed by atoms with Crippen molar-refractivity contribution in [2.75, 3.05) is 20.8 Å². The molecular formula is C20H24ClF2NO5. The third-order valence-electron chi connectivity index (χ3n) is 4.03. The minimum absolute atomic E-state index is 0. The summed E-state index contributed by atoms with van der Waals surface area (Å²) in [6, 6.07) is 9.83. The summed E-state index contributed by atoms with van der Waals surface area (Å²) in [6.07, 6.45) is 0. The second-order valence-corrected chi connectivity index (χ2v) is 5.84. The van der Waals surface area contributed by atoms with Gasteiger partial charge in [0.15, 0.2) is 11.5 Å². The molecule has 0 fully saturated rings. The quantitative estimate of drug-likeness (QED) is 0.606. The van der Waals surface area contributed by atoms with E-state index in [0.29, 0.717) is 0 Å². The average molecular weight is 432 g/mol. The highest BCUT2D eigenvalue weighted by Gasteiger charge is 2.49. The van der Waals surface area contributed by atoms with E-state index >= 15 is 0 Å². The summed E-state index contributed by atoms with van der Waals surface area (Å²) in [7, 11) is 2.77. The molecule has 0 saturated carbocycles. The van der Waals surface area contributed by atoms with Gasteiger partial charge in [-0.15, -0.1) is 12.4 Å². The van der Waals surface area contributed by atoms with Gasteiger partial charge < -0.3 is 24.7 Å². The Bertz CT molecular complexity index is 805. The molecule has 0 aliphatic carbocycles. The Morgan fingerprint density at radius 2 is 1.66 bits per heavy atom. The second-order valence-electron chi connectivity index (χ2n) is 5.84. The molecule has 0 aliphatic heterocycles. The number of esters is 1. The lowest BCUT2D eigenvalue weighted by Gasteiger charge is -2.25. The van der Waals surface area contributed by atoms with Crippen LogP contribution in [0.2, 0.25) is 0 Å². The van der Waals surface area contributed by atoms with Gasteiger partial charge >= 0.3 is 11.9 Å². The van der Waals surface area contributed by atoms with Crippen LogP contribution in [0.3, 0.4) is 0 Å². The largest absolute Gasteiger partial charge is 0.493 e. The molecule has 0 bridgehead atoms. The van der Waals surface area contributed by atoms with Crippen molar-refractivity contribution in [3.63, 3.8) is 0 Å². The number of ether oxygens (including phenoxy) is 4. The first-order chi connectivity index (χ1) is 13.3. The van der Waals surface area contributed by atoms with E-state index in [1.807, 2.05) is 30.3 Å². The molecule has 0 aromatic heterocycles. The Morgan fingerprint density at radius 1 is 1.07 bits per heavy atom. The number of rotatable bonds is 9. The van der Waals surface area contributed by atoms with Gasteiger partial charge in [0.2, 0.25) is 0 Å². The van der Waals surface area contributed by atoms with Gasteiger partial charge in [-0.3, -0.25) is 0 Å². The normalized spacial score (nSPS) is 11.8. The van der Waals surface area contributed by atoms with Crippen molar-refractivity contribution in [3.8, 4) is 17.2 Å². The SMILES string of the molecule is CCOC(=O)C(F)(F)[C@H](N)c1cc(OC)c(OC)cc1OCc1ccccc1.Cl. The van der Waals surface area contributed by atoms with Crippen LogP contribution in [0.5, 0.6) is 17.2 Å². The first-order valence-electron chi connectivity index (χ1n) is 8.58. The first-order valence-corrected chi connectivity index (χ1v) is 8.58. The van der Waals surface area contributed by atoms with Crippen molar-refractivity contribution in [1.29, 1.82) is 0 Å². The van der Waals surface area contributed by atoms with Crippen molar-refractivity contribution in [1.82, 2.24) is 0 Å². The van der Waals surface area contributed by atoms with E-state index < -0.39 is 17.9 Å². The van der Waals surface area contributed by atoms with Gasteiger partial charge in [0.1, 0.15) is 18.4 Å². The first kappa shape index (κ1) is 24.5. The van der Waals surface area contributed by atoms with Gasteiger partial charge in [-0.05, 0) is 18.6 Å². The Hall–Kier alpha value is -2.58. The van der Waals surface area contributed by atoms with Crippen molar-refractivity contribution in [2.45, 2.75) is 25.5 Å². The molecule has 9 heteroatoms. The van der Waals surface area contributed by atoms with Crippen LogP contribution in [0.15, 0.2) is 42.5 Å². The fourth-order valence-electron chi connectivity index (χ4n) is 2.53. The lowest BCUT2D eigenvalue weighted by Crippen LogP contribution is -2.42. The van der Waals surface area contributed by atoms with Crippen LogP contribution in [-0.2, 0) is 16.1 Å². The molecule has 0 aliphatic rings. The molecule has 0 amide bonds. The summed E-state index contributed by atoms with van der Waals surface area (Å²) < 4.78 is 49.6. The van der Waals surface area contributed by atoms with Crippen LogP contribution in [0, 0.1) is 0 Å². The molecule has 2 aromatic rings. The fraction of sp³-hybridized carbons (Fsp3) is 0.350. The lowest BCUT2D eigenvalue weighted by molar-refractivity contribution is -0.174. The maximum absolute atomic E-state index is 14.5. The Balaban J connectivity index is 0.00000420. The topological polar surface area (TPSA) is 80.0 Å². The van der Waals surface area contributed by atoms with Crippen LogP contribution in [-0.4, -0.2) is 32.7 Å². The number of benzene rings is 2. The van der Waals surface area contributed by atoms with E-state index in [9.17, 15) is 13.6 Å². The predicted molar refractivity (Wildman–Crippen MR) is 106 cm³/mol. The summed E-state index contributed by atoms with van der Waals surface area (Å²) in [4.78, 5) is 11.7. The predicted octanol–water partition coefficient (Wildman–Crippen LogP) is 3.90. The number of alkyl halides is 2. The highest BCUT2D eigenvalue weighted by atomic mass is 35.5. The number of carbonyl (C=O) groups is 1. The summed E-state index contributed by atoms with van der Waals surface area (Å²) in [5.41, 5.74) is 6.48. The molecule has 6 nitrogen and oxygen atoms in total. The standard InChI is InChI=1S/C20H23F2NO5.ClH/c1-4-27-19(24)20(21,22)18(23)14-10-16(25-2)17(26-3)11-15(14)28-12-13-8-6-5-7-9-13;/h5-11,18H,4,12,23H2,1-3H3;1H/t18-;/m1./s1. The van der Waals surface area contributed by atoms with Gasteiger partial charge in [-0.2, -0.15) is 8.78 Å². The van der Waals surface area contributed by atoms with Crippen LogP contribution < -0.4 is 19.9 Å². The highest BCUT2D eigenvalue weighted by molar-refractivity contribution is 5.85. The number of hydrogen-bond donors (Lipinski definition) is 1. The Morgan fingerprint density at radius 3 is 2.21 bits per heavy atom. The number of halogens is 3. The summed E-state index contributed by atoms with van der Waals surface area (Å²) in [5.74, 6) is -5.15. The third kappa shape index (κ3) is 5.71. The molecule has 0 heterocycles. The minimum atomic E-state index is -3.96. The fourth-order valence-corrected chi connectivity index (χ4v) is 2.53. The lowest BCUT2D eigenvalue weighted by atomic mass is 9.99. The molecule has 2 rings (SSSR count). The smallest absolute Gasteiger partial charge is 0.379 e. The van der Waals surface area contributed by atoms with E-state index in [4.69, 9.17) is 19.9 Å². The third-order valence-corrected chi connectivity index (χ3v) is 4.03. The number of methoxy groups -OCH3 is 2. The van der Waals surface area contributed by atoms with Crippen molar-refractivity contribution in [3.05, 3.63) is 53.6 Å². The molecule has 0 spiro atoms. The summed E-state index contributed by atoms with van der Waals surface area (Å²) >= 11 is 0. The molecule has 0 unspecified atom stereocenters. The van der Waals surface area contributed by atoms with Gasteiger partial charge in [-0.25, -0.2) is 4.79 Å². The van der Waals surface area contributed by atoms with Gasteiger partial charge in [0.05, 0.1) is 20.8 Å². The molecular weight excluding hydrogens is 408 g/mol. The molecule has 0 radical (unpaired) electrons. The number of nitrogens with two attached hydrogens (primary N) is 1. The maximum atomic E-state index is 14.5. The maximum Gasteiger partial charge on any atom is 0.379 e. The van der Waals surface area contributed by atoms with Crippen LogP contribution in [0.1, 0.15) is 24.1 Å². The van der Waals surface area contributed by atoms with Gasteiger partial charge in [-0.1, -0.05) is 30.3 Å². The summed E-state index contributed by atoms with van der Waals surface area (Å²) in [6.45, 7) is 1.36. The average Bonchev–Trinajstić information content (AvgIpc) is 2.71. The van der Waals surface area contributed by atoms with Crippen LogP contribution >= 0.6 is 12.4 Å². The molecule has 160 valence electrons. The summed E-state index contributed by atoms with van der Waals surface area (Å²) in [5, 5.41) is 0. The van der Waals surface area contributed by atoms with Crippen LogP contribution in [0.4, 0.5) is 8.78 Å². The molecule has 2 N–H and O–H groups in total. The number of carbonyl (C=O) groups excluding carboxylic acids is 1. The van der Waals surface area contributed by atoms with Crippen LogP contribution in [0.25, 0.3) is 0 Å². The Labute approximate surface area is 174 Å². The van der Waals surface area contributed by atoms with E-state index in [1.54, 1.807) is 0 Å². The van der Waals surface area contributed by atoms with E-state index in [2.05, 4.69) is 4.74 Å². The molecule has 0 saturated heterocycles. The van der Waals surface area contributed by atoms with Crippen molar-refractivity contribution >= 4 is 18.4 Å². The zero-order valence-corrected chi connectivity index (χ0v) is 17.1. The number of hydrogen-bond acceptors (Lipinski definition) is 6. The monoisotopic (exact) mass is 431 g/mol. The molecule has 29 heavy (non-hydrogen) atoms. The van der Waals surface area contributed by atoms with E-state index in [0.717, 1.165) is 5.56 Å². The molecule has 2 aromatic carbocycles. The zero-order chi connectivity index (χ0) is 20.7. The van der Waals surface area contributed by atoms with Crippen molar-refractivity contribution in [2.24, 2.45) is 5.73 Å². The molecule has 1 atom stereocenters. The van der Waals surface area contributed by atoms with Gasteiger partial charge in [0.25, 0.3) is 0 Å². The van der Waals surface area contributed by atoms with Gasteiger partial charge in [0, 0.05) is 11.6 Å². The minimum Gasteiger partial charge on any atom is -0.493 e. The second kappa shape index (κ2) is 10.8. The van der Waals surface area contributed by atoms with E-state index in [-0.39, 0.29) is 48.4 Å². The zero-order valence-electron chi connectivity index (χ0n) is 16.3. The highest BCUT2D eigenvalue weighted by Crippen LogP contribution is 2.42. The van der Waals surface area contributed by atoms with E-state index in [1.165, 1.54) is 33.3 Å². The van der Waals surface area contributed by atoms with Crippen molar-refractivity contribution < 1.29 is 32.5 Å².